The average molecular weight is 170 g/mol. The summed E-state index contributed by atoms with van der Waals surface area (Å²) >= 11 is 0. The van der Waals surface area contributed by atoms with E-state index in [1.54, 1.807) is 0 Å². The van der Waals surface area contributed by atoms with Crippen molar-refractivity contribution in [3.8, 4) is 0 Å². The number of rotatable bonds is 5. The second-order valence-corrected chi connectivity index (χ2v) is 3.11. The molecule has 0 radical (unpaired) electrons. The Bertz CT molecular complexity index is 148. The standard InChI is InChI=1S/C10H18O2/c1-4-12-10(11)8-6-5-7-9(2)3/h5-6,9H,4,7-8H2,1-3H3. The van der Waals surface area contributed by atoms with E-state index in [2.05, 4.69) is 13.8 Å². The summed E-state index contributed by atoms with van der Waals surface area (Å²) in [5.41, 5.74) is 0. The Labute approximate surface area is 74.6 Å². The van der Waals surface area contributed by atoms with Crippen LogP contribution in [0.2, 0.25) is 0 Å². The Morgan fingerprint density at radius 2 is 2.08 bits per heavy atom. The van der Waals surface area contributed by atoms with Crippen LogP contribution in [0.25, 0.3) is 0 Å². The monoisotopic (exact) mass is 170 g/mol. The Hall–Kier alpha value is -0.790. The Balaban J connectivity index is 3.40. The molecule has 0 aromatic rings. The van der Waals surface area contributed by atoms with Crippen LogP contribution in [0.3, 0.4) is 0 Å². The first-order chi connectivity index (χ1) is 5.66. The summed E-state index contributed by atoms with van der Waals surface area (Å²) in [4.78, 5) is 10.8. The molecule has 0 fully saturated rings. The van der Waals surface area contributed by atoms with Gasteiger partial charge in [-0.05, 0) is 19.3 Å². The average Bonchev–Trinajstić information content (AvgIpc) is 1.98. The lowest BCUT2D eigenvalue weighted by atomic mass is 10.1. The zero-order valence-electron chi connectivity index (χ0n) is 8.17. The highest BCUT2D eigenvalue weighted by Crippen LogP contribution is 2.00. The van der Waals surface area contributed by atoms with Gasteiger partial charge in [0.2, 0.25) is 0 Å². The minimum atomic E-state index is -0.141. The van der Waals surface area contributed by atoms with Crippen LogP contribution in [-0.2, 0) is 9.53 Å². The molecule has 0 amide bonds. The normalized spacial score (nSPS) is 11.0. The van der Waals surface area contributed by atoms with Gasteiger partial charge in [-0.15, -0.1) is 0 Å². The molecule has 0 rings (SSSR count). The summed E-state index contributed by atoms with van der Waals surface area (Å²) in [6.07, 6.45) is 5.33. The van der Waals surface area contributed by atoms with Gasteiger partial charge in [-0.1, -0.05) is 26.0 Å². The molecule has 0 heterocycles. The minimum absolute atomic E-state index is 0.141. The van der Waals surface area contributed by atoms with E-state index < -0.39 is 0 Å². The molecule has 0 aliphatic heterocycles. The van der Waals surface area contributed by atoms with Crippen LogP contribution in [-0.4, -0.2) is 12.6 Å². The molecule has 0 aliphatic rings. The van der Waals surface area contributed by atoms with Gasteiger partial charge in [-0.25, -0.2) is 0 Å². The minimum Gasteiger partial charge on any atom is -0.466 e. The third-order valence-corrected chi connectivity index (χ3v) is 1.36. The molecule has 0 saturated carbocycles. The van der Waals surface area contributed by atoms with Gasteiger partial charge in [-0.3, -0.25) is 4.79 Å². The second kappa shape index (κ2) is 6.89. The van der Waals surface area contributed by atoms with Crippen molar-refractivity contribution in [2.24, 2.45) is 5.92 Å². The highest BCUT2D eigenvalue weighted by atomic mass is 16.5. The van der Waals surface area contributed by atoms with Crippen molar-refractivity contribution < 1.29 is 9.53 Å². The molecule has 0 aromatic carbocycles. The quantitative estimate of drug-likeness (QED) is 0.468. The van der Waals surface area contributed by atoms with E-state index in [1.165, 1.54) is 0 Å². The van der Waals surface area contributed by atoms with E-state index in [1.807, 2.05) is 19.1 Å². The lowest BCUT2D eigenvalue weighted by Crippen LogP contribution is -2.01. The summed E-state index contributed by atoms with van der Waals surface area (Å²) in [5, 5.41) is 0. The topological polar surface area (TPSA) is 26.3 Å². The fourth-order valence-corrected chi connectivity index (χ4v) is 0.768. The molecule has 2 nitrogen and oxygen atoms in total. The number of carbonyl (C=O) groups excluding carboxylic acids is 1. The lowest BCUT2D eigenvalue weighted by molar-refractivity contribution is -0.142. The SMILES string of the molecule is CCOC(=O)CC=CCC(C)C. The molecule has 70 valence electrons. The first kappa shape index (κ1) is 11.2. The van der Waals surface area contributed by atoms with Crippen molar-refractivity contribution in [2.75, 3.05) is 6.61 Å². The number of allylic oxidation sites excluding steroid dienone is 1. The molecule has 0 spiro atoms. The number of carbonyl (C=O) groups is 1. The fourth-order valence-electron chi connectivity index (χ4n) is 0.768. The predicted molar refractivity (Wildman–Crippen MR) is 49.8 cm³/mol. The van der Waals surface area contributed by atoms with E-state index in [-0.39, 0.29) is 5.97 Å². The largest absolute Gasteiger partial charge is 0.466 e. The summed E-state index contributed by atoms with van der Waals surface area (Å²) in [6.45, 7) is 6.58. The van der Waals surface area contributed by atoms with E-state index >= 15 is 0 Å². The summed E-state index contributed by atoms with van der Waals surface area (Å²) in [6, 6.07) is 0. The van der Waals surface area contributed by atoms with E-state index in [9.17, 15) is 4.79 Å². The second-order valence-electron chi connectivity index (χ2n) is 3.11. The van der Waals surface area contributed by atoms with Gasteiger partial charge in [0.1, 0.15) is 0 Å². The van der Waals surface area contributed by atoms with Crippen LogP contribution in [0.1, 0.15) is 33.6 Å². The number of hydrogen-bond donors (Lipinski definition) is 0. The zero-order valence-corrected chi connectivity index (χ0v) is 8.17. The van der Waals surface area contributed by atoms with Crippen molar-refractivity contribution >= 4 is 5.97 Å². The van der Waals surface area contributed by atoms with Gasteiger partial charge >= 0.3 is 5.97 Å². The third-order valence-electron chi connectivity index (χ3n) is 1.36. The van der Waals surface area contributed by atoms with E-state index in [0.717, 1.165) is 6.42 Å². The Morgan fingerprint density at radius 3 is 2.58 bits per heavy atom. The highest BCUT2D eigenvalue weighted by Gasteiger charge is 1.95. The number of hydrogen-bond acceptors (Lipinski definition) is 2. The maximum Gasteiger partial charge on any atom is 0.309 e. The third kappa shape index (κ3) is 7.32. The molecule has 0 unspecified atom stereocenters. The van der Waals surface area contributed by atoms with Gasteiger partial charge in [0, 0.05) is 0 Å². The van der Waals surface area contributed by atoms with Gasteiger partial charge in [0.25, 0.3) is 0 Å². The van der Waals surface area contributed by atoms with Crippen molar-refractivity contribution in [1.29, 1.82) is 0 Å². The molecular weight excluding hydrogens is 152 g/mol. The predicted octanol–water partition coefficient (Wildman–Crippen LogP) is 2.54. The maximum absolute atomic E-state index is 10.8. The lowest BCUT2D eigenvalue weighted by Gasteiger charge is -1.98. The van der Waals surface area contributed by atoms with Crippen LogP contribution in [0.5, 0.6) is 0 Å². The van der Waals surface area contributed by atoms with Gasteiger partial charge in [0.05, 0.1) is 13.0 Å². The van der Waals surface area contributed by atoms with Gasteiger partial charge in [-0.2, -0.15) is 0 Å². The smallest absolute Gasteiger partial charge is 0.309 e. The van der Waals surface area contributed by atoms with Gasteiger partial charge in [0.15, 0.2) is 0 Å². The molecule has 0 N–H and O–H groups in total. The van der Waals surface area contributed by atoms with Crippen LogP contribution >= 0.6 is 0 Å². The van der Waals surface area contributed by atoms with Gasteiger partial charge < -0.3 is 4.74 Å². The van der Waals surface area contributed by atoms with Crippen molar-refractivity contribution in [1.82, 2.24) is 0 Å². The molecule has 0 aromatic heterocycles. The summed E-state index contributed by atoms with van der Waals surface area (Å²) in [7, 11) is 0. The summed E-state index contributed by atoms with van der Waals surface area (Å²) in [5.74, 6) is 0.515. The molecule has 0 saturated heterocycles. The van der Waals surface area contributed by atoms with E-state index in [0.29, 0.717) is 18.9 Å². The number of esters is 1. The molecule has 0 aliphatic carbocycles. The van der Waals surface area contributed by atoms with Crippen molar-refractivity contribution in [3.63, 3.8) is 0 Å². The first-order valence-electron chi connectivity index (χ1n) is 4.47. The number of ether oxygens (including phenoxy) is 1. The summed E-state index contributed by atoms with van der Waals surface area (Å²) < 4.78 is 4.76. The Kier molecular flexibility index (Phi) is 6.44. The molecule has 0 bridgehead atoms. The highest BCUT2D eigenvalue weighted by molar-refractivity contribution is 5.71. The zero-order chi connectivity index (χ0) is 9.40. The van der Waals surface area contributed by atoms with Crippen LogP contribution < -0.4 is 0 Å². The fraction of sp³-hybridized carbons (Fsp3) is 0.700. The first-order valence-corrected chi connectivity index (χ1v) is 4.47. The van der Waals surface area contributed by atoms with Crippen LogP contribution in [0.15, 0.2) is 12.2 Å². The molecular formula is C10H18O2. The Morgan fingerprint density at radius 1 is 1.42 bits per heavy atom. The molecule has 2 heteroatoms. The van der Waals surface area contributed by atoms with Crippen LogP contribution in [0.4, 0.5) is 0 Å². The van der Waals surface area contributed by atoms with Crippen molar-refractivity contribution in [2.45, 2.75) is 33.6 Å². The molecule has 0 atom stereocenters. The van der Waals surface area contributed by atoms with E-state index in [4.69, 9.17) is 4.74 Å². The van der Waals surface area contributed by atoms with Crippen LogP contribution in [0, 0.1) is 5.92 Å². The molecule has 12 heavy (non-hydrogen) atoms. The van der Waals surface area contributed by atoms with Crippen molar-refractivity contribution in [3.05, 3.63) is 12.2 Å². The maximum atomic E-state index is 10.8.